The summed E-state index contributed by atoms with van der Waals surface area (Å²) in [5.74, 6) is 0.597. The molecule has 2 aromatic rings. The van der Waals surface area contributed by atoms with Gasteiger partial charge in [0.05, 0.1) is 33.9 Å². The third-order valence-electron chi connectivity index (χ3n) is 6.97. The lowest BCUT2D eigenvalue weighted by atomic mass is 9.83. The number of rotatable bonds is 4. The second-order valence-electron chi connectivity index (χ2n) is 9.57. The van der Waals surface area contributed by atoms with Crippen molar-refractivity contribution in [2.24, 2.45) is 0 Å². The Morgan fingerprint density at radius 3 is 2.42 bits per heavy atom. The van der Waals surface area contributed by atoms with Crippen molar-refractivity contribution in [2.45, 2.75) is 63.9 Å². The van der Waals surface area contributed by atoms with E-state index in [9.17, 15) is 14.4 Å². The van der Waals surface area contributed by atoms with Crippen molar-refractivity contribution in [3.8, 4) is 23.0 Å². The van der Waals surface area contributed by atoms with Gasteiger partial charge in [0.1, 0.15) is 22.8 Å². The highest BCUT2D eigenvalue weighted by Crippen LogP contribution is 2.48. The number of fused-ring (bicyclic) bond motifs is 2. The van der Waals surface area contributed by atoms with E-state index < -0.39 is 11.9 Å². The van der Waals surface area contributed by atoms with E-state index in [1.807, 2.05) is 25.1 Å². The lowest BCUT2D eigenvalue weighted by Crippen LogP contribution is -2.24. The van der Waals surface area contributed by atoms with Gasteiger partial charge in [-0.15, -0.1) is 0 Å². The first-order valence-corrected chi connectivity index (χ1v) is 12.9. The summed E-state index contributed by atoms with van der Waals surface area (Å²) in [4.78, 5) is 38.4. The average Bonchev–Trinajstić information content (AvgIpc) is 2.90. The van der Waals surface area contributed by atoms with Crippen LogP contribution >= 0.6 is 0 Å². The van der Waals surface area contributed by atoms with E-state index in [1.165, 1.54) is 7.11 Å². The summed E-state index contributed by atoms with van der Waals surface area (Å²) in [7, 11) is 4.60. The number of carbonyl (C=O) groups excluding carboxylic acids is 3. The second kappa shape index (κ2) is 12.2. The van der Waals surface area contributed by atoms with E-state index in [-0.39, 0.29) is 29.8 Å². The predicted molar refractivity (Wildman–Crippen MR) is 141 cm³/mol. The molecule has 2 aliphatic rings. The number of hydrogen-bond donors (Lipinski definition) is 0. The fourth-order valence-corrected chi connectivity index (χ4v) is 5.06. The molecule has 0 saturated carbocycles. The first-order chi connectivity index (χ1) is 18.4. The molecule has 4 rings (SSSR count). The van der Waals surface area contributed by atoms with E-state index in [1.54, 1.807) is 32.4 Å². The van der Waals surface area contributed by atoms with Gasteiger partial charge < -0.3 is 23.7 Å². The summed E-state index contributed by atoms with van der Waals surface area (Å²) in [5.41, 5.74) is 2.21. The molecule has 0 radical (unpaired) electrons. The van der Waals surface area contributed by atoms with Crippen LogP contribution < -0.4 is 18.9 Å². The Morgan fingerprint density at radius 1 is 0.921 bits per heavy atom. The number of methoxy groups -OCH3 is 3. The van der Waals surface area contributed by atoms with Gasteiger partial charge in [0.25, 0.3) is 0 Å². The number of allylic oxidation sites excluding steroid dienone is 1. The first-order valence-electron chi connectivity index (χ1n) is 12.9. The van der Waals surface area contributed by atoms with Gasteiger partial charge in [-0.05, 0) is 61.9 Å². The lowest BCUT2D eigenvalue weighted by Gasteiger charge is -2.29. The Kier molecular flexibility index (Phi) is 8.71. The molecule has 0 fully saturated rings. The molecule has 2 atom stereocenters. The Balaban J connectivity index is 1.86. The third kappa shape index (κ3) is 5.85. The average molecular weight is 523 g/mol. The Bertz CT molecular complexity index is 1250. The van der Waals surface area contributed by atoms with Crippen LogP contribution in [0, 0.1) is 0 Å². The van der Waals surface area contributed by atoms with E-state index in [0.717, 1.165) is 12.0 Å². The molecule has 38 heavy (non-hydrogen) atoms. The summed E-state index contributed by atoms with van der Waals surface area (Å²) in [5, 5.41) is 0. The fourth-order valence-electron chi connectivity index (χ4n) is 5.06. The van der Waals surface area contributed by atoms with Gasteiger partial charge in [-0.25, -0.2) is 4.79 Å². The van der Waals surface area contributed by atoms with Crippen molar-refractivity contribution in [2.75, 3.05) is 21.3 Å². The highest BCUT2D eigenvalue weighted by molar-refractivity contribution is 5.99. The molecule has 0 saturated heterocycles. The Morgan fingerprint density at radius 2 is 1.68 bits per heavy atom. The predicted octanol–water partition coefficient (Wildman–Crippen LogP) is 5.64. The van der Waals surface area contributed by atoms with Gasteiger partial charge in [-0.2, -0.15) is 0 Å². The molecule has 0 amide bonds. The van der Waals surface area contributed by atoms with Crippen LogP contribution in [0.15, 0.2) is 30.3 Å². The van der Waals surface area contributed by atoms with Crippen LogP contribution in [-0.4, -0.2) is 45.2 Å². The molecule has 0 aromatic heterocycles. The van der Waals surface area contributed by atoms with Crippen molar-refractivity contribution in [1.29, 1.82) is 0 Å². The number of benzene rings is 2. The number of ketones is 1. The SMILES string of the molecule is COc1ccc([C@H]2CC(=O)Oc3cc4c(c(OC)c32)C(=O)O[C@@H](C)CCCC(=O)CCCC=C4)cc1OC. The molecule has 0 spiro atoms. The third-order valence-corrected chi connectivity index (χ3v) is 6.97. The molecule has 2 aromatic carbocycles. The quantitative estimate of drug-likeness (QED) is 0.376. The van der Waals surface area contributed by atoms with Crippen molar-refractivity contribution in [3.05, 3.63) is 52.6 Å². The minimum absolute atomic E-state index is 0.0624. The standard InChI is InChI=1S/C30H34O8/c1-18-9-8-12-21(31)11-7-5-6-10-20-16-25-28(29(36-4)27(20)30(33)37-18)22(17-26(32)38-25)19-13-14-23(34-2)24(15-19)35-3/h6,10,13-16,18,22H,5,7-9,11-12,17H2,1-4H3/t18-,22+/m0/s1. The summed E-state index contributed by atoms with van der Waals surface area (Å²) in [6.07, 6.45) is 7.04. The Hall–Kier alpha value is -3.81. The maximum Gasteiger partial charge on any atom is 0.342 e. The van der Waals surface area contributed by atoms with Crippen LogP contribution in [0.4, 0.5) is 0 Å². The summed E-state index contributed by atoms with van der Waals surface area (Å²) < 4.78 is 28.2. The van der Waals surface area contributed by atoms with E-state index in [2.05, 4.69) is 0 Å². The topological polar surface area (TPSA) is 97.4 Å². The largest absolute Gasteiger partial charge is 0.495 e. The number of ether oxygens (including phenoxy) is 5. The molecule has 8 nitrogen and oxygen atoms in total. The minimum atomic E-state index is -0.525. The van der Waals surface area contributed by atoms with Crippen LogP contribution in [0.5, 0.6) is 23.0 Å². The molecule has 2 aliphatic heterocycles. The van der Waals surface area contributed by atoms with Gasteiger partial charge in [0, 0.05) is 24.3 Å². The zero-order chi connectivity index (χ0) is 27.2. The van der Waals surface area contributed by atoms with Crippen molar-refractivity contribution in [3.63, 3.8) is 0 Å². The molecule has 2 heterocycles. The Labute approximate surface area is 222 Å². The molecule has 8 heteroatoms. The highest BCUT2D eigenvalue weighted by atomic mass is 16.5. The zero-order valence-electron chi connectivity index (χ0n) is 22.3. The number of esters is 2. The van der Waals surface area contributed by atoms with Crippen LogP contribution in [0.25, 0.3) is 6.08 Å². The maximum absolute atomic E-state index is 13.6. The molecule has 0 bridgehead atoms. The van der Waals surface area contributed by atoms with Crippen LogP contribution in [0.1, 0.15) is 84.8 Å². The van der Waals surface area contributed by atoms with Crippen LogP contribution in [0.3, 0.4) is 0 Å². The molecule has 0 unspecified atom stereocenters. The smallest absolute Gasteiger partial charge is 0.342 e. The van der Waals surface area contributed by atoms with Gasteiger partial charge >= 0.3 is 11.9 Å². The summed E-state index contributed by atoms with van der Waals surface area (Å²) in [6, 6.07) is 7.15. The van der Waals surface area contributed by atoms with Crippen LogP contribution in [0.2, 0.25) is 0 Å². The first kappa shape index (κ1) is 27.2. The number of cyclic esters (lactones) is 1. The molecule has 202 valence electrons. The number of carbonyl (C=O) groups is 3. The van der Waals surface area contributed by atoms with Crippen molar-refractivity contribution in [1.82, 2.24) is 0 Å². The summed E-state index contributed by atoms with van der Waals surface area (Å²) in [6.45, 7) is 1.82. The molecular formula is C30H34O8. The zero-order valence-corrected chi connectivity index (χ0v) is 22.3. The maximum atomic E-state index is 13.6. The minimum Gasteiger partial charge on any atom is -0.495 e. The molecular weight excluding hydrogens is 488 g/mol. The van der Waals surface area contributed by atoms with Crippen molar-refractivity contribution >= 4 is 23.8 Å². The van der Waals surface area contributed by atoms with E-state index in [4.69, 9.17) is 23.7 Å². The second-order valence-corrected chi connectivity index (χ2v) is 9.57. The number of hydrogen-bond acceptors (Lipinski definition) is 8. The van der Waals surface area contributed by atoms with Gasteiger partial charge in [-0.3, -0.25) is 9.59 Å². The fraction of sp³-hybridized carbons (Fsp3) is 0.433. The lowest BCUT2D eigenvalue weighted by molar-refractivity contribution is -0.135. The summed E-state index contributed by atoms with van der Waals surface area (Å²) >= 11 is 0. The number of Topliss-reactive ketones (excluding diaryl/α,β-unsaturated/α-hetero) is 1. The molecule has 0 aliphatic carbocycles. The monoisotopic (exact) mass is 522 g/mol. The van der Waals surface area contributed by atoms with Crippen LogP contribution in [-0.2, 0) is 14.3 Å². The highest BCUT2D eigenvalue weighted by Gasteiger charge is 2.36. The molecule has 0 N–H and O–H groups in total. The normalized spacial score (nSPS) is 20.4. The van der Waals surface area contributed by atoms with Gasteiger partial charge in [-0.1, -0.05) is 18.2 Å². The van der Waals surface area contributed by atoms with E-state index >= 15 is 0 Å². The van der Waals surface area contributed by atoms with Crippen molar-refractivity contribution < 1.29 is 38.1 Å². The van der Waals surface area contributed by atoms with E-state index in [0.29, 0.717) is 66.2 Å². The van der Waals surface area contributed by atoms with Gasteiger partial charge in [0.2, 0.25) is 0 Å². The van der Waals surface area contributed by atoms with Gasteiger partial charge in [0.15, 0.2) is 11.5 Å².